The van der Waals surface area contributed by atoms with Crippen LogP contribution in [0.1, 0.15) is 113 Å². The Morgan fingerprint density at radius 3 is 2.04 bits per heavy atom. The Balaban J connectivity index is 1.77. The van der Waals surface area contributed by atoms with Gasteiger partial charge in [0.05, 0.1) is 18.0 Å². The predicted octanol–water partition coefficient (Wildman–Crippen LogP) is 4.36. The Morgan fingerprint density at radius 1 is 0.900 bits per heavy atom. The Bertz CT molecular complexity index is 1340. The number of aliphatic hydroxyl groups excluding tert-OH is 1. The molecule has 50 heavy (non-hydrogen) atoms. The van der Waals surface area contributed by atoms with E-state index >= 15 is 0 Å². The van der Waals surface area contributed by atoms with Crippen molar-refractivity contribution in [2.75, 3.05) is 6.54 Å². The van der Waals surface area contributed by atoms with Crippen molar-refractivity contribution in [3.63, 3.8) is 0 Å². The number of amides is 2. The molecule has 280 valence electrons. The number of carbonyl (C=O) groups excluding carboxylic acids is 5. The average Bonchev–Trinajstić information content (AvgIpc) is 3.44. The van der Waals surface area contributed by atoms with Crippen LogP contribution in [0.2, 0.25) is 0 Å². The third-order valence-electron chi connectivity index (χ3n) is 10.2. The minimum Gasteiger partial charge on any atom is -0.453 e. The lowest BCUT2D eigenvalue weighted by atomic mass is 9.74. The maximum absolute atomic E-state index is 14.3. The lowest BCUT2D eigenvalue weighted by Crippen LogP contribution is -2.60. The van der Waals surface area contributed by atoms with Crippen LogP contribution < -0.4 is 21.3 Å². The van der Waals surface area contributed by atoms with Crippen LogP contribution in [0.15, 0.2) is 30.3 Å². The van der Waals surface area contributed by atoms with Crippen LogP contribution in [0.5, 0.6) is 0 Å². The molecular weight excluding hydrogens is 636 g/mol. The Kier molecular flexibility index (Phi) is 14.0. The molecule has 5 N–H and O–H groups in total. The lowest BCUT2D eigenvalue weighted by molar-refractivity contribution is -0.157. The van der Waals surface area contributed by atoms with E-state index in [1.54, 1.807) is 13.8 Å². The average molecular weight is 699 g/mol. The molecule has 6 atom stereocenters. The number of rotatable bonds is 16. The molecule has 11 nitrogen and oxygen atoms in total. The molecule has 2 fully saturated rings. The number of esters is 1. The summed E-state index contributed by atoms with van der Waals surface area (Å²) in [5.41, 5.74) is -1.15. The van der Waals surface area contributed by atoms with E-state index in [1.165, 1.54) is 0 Å². The van der Waals surface area contributed by atoms with Gasteiger partial charge in [0.2, 0.25) is 11.7 Å². The smallest absolute Gasteiger partial charge is 0.326 e. The molecule has 0 bridgehead atoms. The van der Waals surface area contributed by atoms with E-state index in [0.717, 1.165) is 24.8 Å². The molecule has 0 spiro atoms. The van der Waals surface area contributed by atoms with Gasteiger partial charge in [0.25, 0.3) is 5.91 Å². The summed E-state index contributed by atoms with van der Waals surface area (Å²) in [5, 5.41) is 22.2. The van der Waals surface area contributed by atoms with Crippen molar-refractivity contribution in [2.45, 2.75) is 137 Å². The summed E-state index contributed by atoms with van der Waals surface area (Å²) < 4.78 is 5.61. The van der Waals surface area contributed by atoms with E-state index in [0.29, 0.717) is 19.3 Å². The fourth-order valence-corrected chi connectivity index (χ4v) is 7.23. The normalized spacial score (nSPS) is 21.9. The largest absolute Gasteiger partial charge is 0.453 e. The number of hydrogen-bond acceptors (Lipinski definition) is 9. The highest BCUT2D eigenvalue weighted by Crippen LogP contribution is 2.44. The summed E-state index contributed by atoms with van der Waals surface area (Å²) in [7, 11) is 0. The van der Waals surface area contributed by atoms with E-state index in [2.05, 4.69) is 21.3 Å². The van der Waals surface area contributed by atoms with Gasteiger partial charge in [-0.25, -0.2) is 0 Å². The minimum atomic E-state index is -1.15. The molecule has 0 aromatic heterocycles. The number of benzene rings is 1. The van der Waals surface area contributed by atoms with Crippen molar-refractivity contribution in [2.24, 2.45) is 35.0 Å². The molecule has 3 rings (SSSR count). The number of carbonyl (C=O) groups is 5. The maximum Gasteiger partial charge on any atom is 0.326 e. The van der Waals surface area contributed by atoms with Gasteiger partial charge in [-0.15, -0.1) is 0 Å². The first kappa shape index (κ1) is 41.3. The minimum absolute atomic E-state index is 0.0907. The fourth-order valence-electron chi connectivity index (χ4n) is 7.23. The highest BCUT2D eigenvalue weighted by atomic mass is 16.6. The number of Topliss-reactive ketones (excluding diaryl/α,β-unsaturated/α-hetero) is 2. The molecule has 0 saturated heterocycles. The second-order valence-electron chi connectivity index (χ2n) is 17.3. The summed E-state index contributed by atoms with van der Waals surface area (Å²) in [6.07, 6.45) is 3.12. The number of ether oxygens (including phenoxy) is 1. The van der Waals surface area contributed by atoms with Crippen molar-refractivity contribution in [1.29, 1.82) is 0 Å². The summed E-state index contributed by atoms with van der Waals surface area (Å²) in [4.78, 5) is 68.0. The van der Waals surface area contributed by atoms with E-state index in [9.17, 15) is 29.1 Å². The van der Waals surface area contributed by atoms with Crippen LogP contribution in [-0.2, 0) is 34.3 Å². The molecule has 11 heteroatoms. The number of nitrogens with one attached hydrogen (secondary N) is 4. The molecule has 2 amide bonds. The Morgan fingerprint density at radius 2 is 1.52 bits per heavy atom. The van der Waals surface area contributed by atoms with Gasteiger partial charge in [0.15, 0.2) is 12.1 Å². The highest BCUT2D eigenvalue weighted by Gasteiger charge is 2.49. The molecular formula is C39H62N4O7. The van der Waals surface area contributed by atoms with Gasteiger partial charge in [-0.05, 0) is 82.6 Å². The number of aliphatic hydroxyl groups is 1. The van der Waals surface area contributed by atoms with Crippen LogP contribution in [0.25, 0.3) is 0 Å². The van der Waals surface area contributed by atoms with Crippen molar-refractivity contribution in [1.82, 2.24) is 21.3 Å². The van der Waals surface area contributed by atoms with Gasteiger partial charge in [0.1, 0.15) is 12.1 Å². The Labute approximate surface area is 298 Å². The third-order valence-corrected chi connectivity index (χ3v) is 10.2. The van der Waals surface area contributed by atoms with Crippen LogP contribution in [-0.4, -0.2) is 65.0 Å². The first-order chi connectivity index (χ1) is 23.1. The van der Waals surface area contributed by atoms with Gasteiger partial charge in [-0.1, -0.05) is 84.2 Å². The number of hydrogen-bond donors (Lipinski definition) is 5. The first-order valence-corrected chi connectivity index (χ1v) is 18.3. The van der Waals surface area contributed by atoms with Crippen LogP contribution >= 0.6 is 0 Å². The van der Waals surface area contributed by atoms with Crippen molar-refractivity contribution >= 4 is 29.4 Å². The number of ketones is 2. The molecule has 4 unspecified atom stereocenters. The topological polar surface area (TPSA) is 163 Å². The summed E-state index contributed by atoms with van der Waals surface area (Å²) in [6, 6.07) is 7.35. The van der Waals surface area contributed by atoms with E-state index < -0.39 is 76.9 Å². The quantitative estimate of drug-likeness (QED) is 0.0960. The Hall–Kier alpha value is -3.15. The van der Waals surface area contributed by atoms with E-state index in [1.807, 2.05) is 85.7 Å². The van der Waals surface area contributed by atoms with E-state index in [4.69, 9.17) is 4.74 Å². The van der Waals surface area contributed by atoms with E-state index in [-0.39, 0.29) is 23.5 Å². The van der Waals surface area contributed by atoms with Gasteiger partial charge in [0, 0.05) is 11.5 Å². The molecule has 1 aromatic rings. The van der Waals surface area contributed by atoms with Gasteiger partial charge in [-0.3, -0.25) is 34.6 Å². The van der Waals surface area contributed by atoms with Gasteiger partial charge < -0.3 is 20.5 Å². The lowest BCUT2D eigenvalue weighted by Gasteiger charge is -2.37. The fraction of sp³-hybridized carbons (Fsp3) is 0.718. The van der Waals surface area contributed by atoms with Crippen LogP contribution in [0, 0.1) is 35.0 Å². The maximum atomic E-state index is 14.3. The monoisotopic (exact) mass is 698 g/mol. The van der Waals surface area contributed by atoms with Gasteiger partial charge in [-0.2, -0.15) is 0 Å². The molecule has 2 aliphatic rings. The first-order valence-electron chi connectivity index (χ1n) is 18.3. The second-order valence-corrected chi connectivity index (χ2v) is 17.3. The SMILES string of the molecule is CC(C)C1CCC(C(=O)[C@@H](NC(O)NC(C)(C)C)C(C)(C)C)[C@@H]1C(=O)NC(CC1CCC1)C(=O)C(=O)NCC(=O)OC(C)(C)c1ccccc1. The van der Waals surface area contributed by atoms with Crippen LogP contribution in [0.3, 0.4) is 0 Å². The third kappa shape index (κ3) is 11.4. The van der Waals surface area contributed by atoms with Crippen molar-refractivity contribution in [3.05, 3.63) is 35.9 Å². The molecule has 0 aliphatic heterocycles. The molecule has 2 aliphatic carbocycles. The predicted molar refractivity (Wildman–Crippen MR) is 192 cm³/mol. The zero-order valence-electron chi connectivity index (χ0n) is 31.9. The van der Waals surface area contributed by atoms with Crippen molar-refractivity contribution < 1.29 is 33.8 Å². The van der Waals surface area contributed by atoms with Crippen LogP contribution in [0.4, 0.5) is 0 Å². The molecule has 0 radical (unpaired) electrons. The standard InChI is InChI=1S/C39H62N4O7/c1-23(2)26-19-20-27(31(45)33(37(3,4)5)42-36(49)43-38(6,7)8)30(26)34(47)41-28(21-24-15-14-16-24)32(46)35(48)40-22-29(44)50-39(9,10)25-17-12-11-13-18-25/h11-13,17-18,23-24,26-28,30,33,36,42-43,49H,14-16,19-22H2,1-10H3,(H,40,48)(H,41,47)/t26?,27?,28?,30-,33-,36?/m1/s1. The summed E-state index contributed by atoms with van der Waals surface area (Å²) >= 11 is 0. The molecule has 2 saturated carbocycles. The summed E-state index contributed by atoms with van der Waals surface area (Å²) in [6.45, 7) is 18.5. The van der Waals surface area contributed by atoms with Gasteiger partial charge >= 0.3 is 5.97 Å². The molecule has 0 heterocycles. The zero-order chi connectivity index (χ0) is 37.6. The summed E-state index contributed by atoms with van der Waals surface area (Å²) in [5.74, 6) is -4.27. The highest BCUT2D eigenvalue weighted by molar-refractivity contribution is 6.38. The molecule has 1 aromatic carbocycles. The zero-order valence-corrected chi connectivity index (χ0v) is 31.9. The van der Waals surface area contributed by atoms with Crippen molar-refractivity contribution in [3.8, 4) is 0 Å². The second kappa shape index (κ2) is 16.9.